The normalized spacial score (nSPS) is 57.1. The van der Waals surface area contributed by atoms with Gasteiger partial charge in [-0.15, -0.1) is 0 Å². The van der Waals surface area contributed by atoms with Crippen molar-refractivity contribution in [1.29, 1.82) is 0 Å². The highest BCUT2D eigenvalue weighted by Crippen LogP contribution is 2.67. The van der Waals surface area contributed by atoms with Crippen LogP contribution in [0.3, 0.4) is 0 Å². The lowest BCUT2D eigenvalue weighted by Crippen LogP contribution is -2.58. The van der Waals surface area contributed by atoms with E-state index in [1.807, 2.05) is 7.11 Å². The molecule has 4 aliphatic rings. The van der Waals surface area contributed by atoms with E-state index in [1.165, 1.54) is 51.4 Å². The van der Waals surface area contributed by atoms with Crippen LogP contribution < -0.4 is 0 Å². The molecule has 0 spiro atoms. The summed E-state index contributed by atoms with van der Waals surface area (Å²) in [6, 6.07) is 0. The van der Waals surface area contributed by atoms with Gasteiger partial charge in [0.25, 0.3) is 0 Å². The molecule has 4 rings (SSSR count). The van der Waals surface area contributed by atoms with E-state index in [2.05, 4.69) is 20.8 Å². The fourth-order valence-electron chi connectivity index (χ4n) is 8.14. The lowest BCUT2D eigenvalue weighted by Gasteiger charge is -2.62. The molecule has 1 N–H and O–H groups in total. The third-order valence-corrected chi connectivity index (χ3v) is 9.64. The first-order chi connectivity index (χ1) is 11.4. The Balaban J connectivity index is 1.66. The maximum atomic E-state index is 9.91. The summed E-state index contributed by atoms with van der Waals surface area (Å²) in [7, 11) is 1.96. The molecule has 4 aliphatic carbocycles. The van der Waals surface area contributed by atoms with Gasteiger partial charge in [0.05, 0.1) is 6.10 Å². The number of rotatable bonds is 2. The molecule has 4 saturated carbocycles. The molecule has 138 valence electrons. The van der Waals surface area contributed by atoms with Crippen molar-refractivity contribution in [2.75, 3.05) is 13.7 Å². The summed E-state index contributed by atoms with van der Waals surface area (Å²) in [6.45, 7) is 7.96. The highest BCUT2D eigenvalue weighted by atomic mass is 16.5. The molecular weight excluding hydrogens is 296 g/mol. The number of aliphatic hydroxyl groups is 1. The Morgan fingerprint density at radius 1 is 0.917 bits per heavy atom. The second-order valence-electron chi connectivity index (χ2n) is 10.4. The SMILES string of the molecule is CO[C@@H]1C[C@@H]2[C@H](CC[C@]3(C)[C@@H](CO)CC[C@@H]23)[C@@]2(C)CC[C@@H](C)C[C@H]12. The van der Waals surface area contributed by atoms with E-state index in [4.69, 9.17) is 4.74 Å². The minimum absolute atomic E-state index is 0.388. The molecule has 0 unspecified atom stereocenters. The predicted molar refractivity (Wildman–Crippen MR) is 97.6 cm³/mol. The van der Waals surface area contributed by atoms with Gasteiger partial charge in [-0.1, -0.05) is 27.2 Å². The molecule has 0 amide bonds. The zero-order valence-corrected chi connectivity index (χ0v) is 16.3. The van der Waals surface area contributed by atoms with Gasteiger partial charge < -0.3 is 9.84 Å². The molecule has 0 aromatic carbocycles. The summed E-state index contributed by atoms with van der Waals surface area (Å²) < 4.78 is 6.11. The summed E-state index contributed by atoms with van der Waals surface area (Å²) in [4.78, 5) is 0. The van der Waals surface area contributed by atoms with E-state index in [9.17, 15) is 5.11 Å². The predicted octanol–water partition coefficient (Wildman–Crippen LogP) is 4.90. The van der Waals surface area contributed by atoms with Crippen LogP contribution in [0.4, 0.5) is 0 Å². The van der Waals surface area contributed by atoms with Gasteiger partial charge in [-0.3, -0.25) is 0 Å². The molecule has 0 heterocycles. The lowest BCUT2D eigenvalue weighted by molar-refractivity contribution is -0.172. The lowest BCUT2D eigenvalue weighted by atomic mass is 9.43. The Hall–Kier alpha value is -0.0800. The van der Waals surface area contributed by atoms with Gasteiger partial charge in [-0.05, 0) is 91.3 Å². The van der Waals surface area contributed by atoms with Crippen LogP contribution in [0.5, 0.6) is 0 Å². The molecule has 0 aromatic heterocycles. The summed E-state index contributed by atoms with van der Waals surface area (Å²) in [5.74, 6) is 4.74. The Kier molecular flexibility index (Phi) is 4.32. The van der Waals surface area contributed by atoms with Gasteiger partial charge in [0.15, 0.2) is 0 Å². The molecule has 4 fully saturated rings. The summed E-state index contributed by atoms with van der Waals surface area (Å²) in [5, 5.41) is 9.91. The fourth-order valence-corrected chi connectivity index (χ4v) is 8.14. The Labute approximate surface area is 148 Å². The fraction of sp³-hybridized carbons (Fsp3) is 1.00. The molecule has 2 heteroatoms. The molecule has 24 heavy (non-hydrogen) atoms. The largest absolute Gasteiger partial charge is 0.396 e. The maximum Gasteiger partial charge on any atom is 0.0607 e. The maximum absolute atomic E-state index is 9.91. The van der Waals surface area contributed by atoms with E-state index in [1.54, 1.807) is 0 Å². The van der Waals surface area contributed by atoms with Crippen molar-refractivity contribution >= 4 is 0 Å². The van der Waals surface area contributed by atoms with Gasteiger partial charge in [-0.25, -0.2) is 0 Å². The molecule has 9 atom stereocenters. The molecule has 2 nitrogen and oxygen atoms in total. The Bertz CT molecular complexity index is 477. The first-order valence-electron chi connectivity index (χ1n) is 10.6. The highest BCUT2D eigenvalue weighted by molar-refractivity contribution is 5.10. The molecule has 0 bridgehead atoms. The van der Waals surface area contributed by atoms with Crippen molar-refractivity contribution in [3.63, 3.8) is 0 Å². The summed E-state index contributed by atoms with van der Waals surface area (Å²) in [5.41, 5.74) is 0.883. The number of hydrogen-bond donors (Lipinski definition) is 1. The number of hydrogen-bond acceptors (Lipinski definition) is 2. The number of aliphatic hydroxyl groups excluding tert-OH is 1. The van der Waals surface area contributed by atoms with Crippen molar-refractivity contribution < 1.29 is 9.84 Å². The monoisotopic (exact) mass is 334 g/mol. The minimum atomic E-state index is 0.388. The molecule has 0 saturated heterocycles. The van der Waals surface area contributed by atoms with E-state index < -0.39 is 0 Å². The Morgan fingerprint density at radius 3 is 2.33 bits per heavy atom. The zero-order valence-electron chi connectivity index (χ0n) is 16.3. The first-order valence-corrected chi connectivity index (χ1v) is 10.6. The third kappa shape index (κ3) is 2.28. The van der Waals surface area contributed by atoms with Crippen LogP contribution in [0.1, 0.15) is 72.1 Å². The van der Waals surface area contributed by atoms with Crippen LogP contribution >= 0.6 is 0 Å². The molecule has 0 radical (unpaired) electrons. The van der Waals surface area contributed by atoms with E-state index >= 15 is 0 Å². The number of methoxy groups -OCH3 is 1. The average molecular weight is 335 g/mol. The van der Waals surface area contributed by atoms with Gasteiger partial charge in [0, 0.05) is 13.7 Å². The second kappa shape index (κ2) is 5.98. The zero-order chi connectivity index (χ0) is 17.1. The van der Waals surface area contributed by atoms with Gasteiger partial charge in [0.2, 0.25) is 0 Å². The van der Waals surface area contributed by atoms with Crippen LogP contribution in [0.2, 0.25) is 0 Å². The average Bonchev–Trinajstić information content (AvgIpc) is 2.91. The van der Waals surface area contributed by atoms with Crippen LogP contribution in [0.15, 0.2) is 0 Å². The quantitative estimate of drug-likeness (QED) is 0.778. The number of ether oxygens (including phenoxy) is 1. The topological polar surface area (TPSA) is 29.5 Å². The number of fused-ring (bicyclic) bond motifs is 5. The van der Waals surface area contributed by atoms with Crippen molar-refractivity contribution in [3.8, 4) is 0 Å². The second-order valence-corrected chi connectivity index (χ2v) is 10.4. The summed E-state index contributed by atoms with van der Waals surface area (Å²) in [6.07, 6.45) is 11.3. The van der Waals surface area contributed by atoms with Crippen molar-refractivity contribution in [2.45, 2.75) is 78.2 Å². The minimum Gasteiger partial charge on any atom is -0.396 e. The third-order valence-electron chi connectivity index (χ3n) is 9.64. The van der Waals surface area contributed by atoms with Crippen molar-refractivity contribution in [1.82, 2.24) is 0 Å². The first kappa shape index (κ1) is 17.3. The van der Waals surface area contributed by atoms with Crippen LogP contribution in [-0.4, -0.2) is 24.9 Å². The van der Waals surface area contributed by atoms with Gasteiger partial charge in [-0.2, -0.15) is 0 Å². The van der Waals surface area contributed by atoms with E-state index in [-0.39, 0.29) is 0 Å². The van der Waals surface area contributed by atoms with Crippen molar-refractivity contribution in [2.24, 2.45) is 46.3 Å². The van der Waals surface area contributed by atoms with Gasteiger partial charge in [0.1, 0.15) is 0 Å². The van der Waals surface area contributed by atoms with Crippen LogP contribution in [0, 0.1) is 46.3 Å². The smallest absolute Gasteiger partial charge is 0.0607 e. The van der Waals surface area contributed by atoms with Crippen molar-refractivity contribution in [3.05, 3.63) is 0 Å². The van der Waals surface area contributed by atoms with Crippen LogP contribution in [-0.2, 0) is 4.74 Å². The standard InChI is InChI=1S/C22H38O2/c1-14-7-9-22(3)18-8-10-21(2)15(13-23)5-6-17(21)16(18)12-20(24-4)19(22)11-14/h14-20,23H,5-13H2,1-4H3/t14-,15-,16+,17+,18+,19-,20-,21-,22-/m1/s1. The van der Waals surface area contributed by atoms with Crippen LogP contribution in [0.25, 0.3) is 0 Å². The Morgan fingerprint density at radius 2 is 1.62 bits per heavy atom. The molecule has 0 aliphatic heterocycles. The molecule has 0 aromatic rings. The summed E-state index contributed by atoms with van der Waals surface area (Å²) >= 11 is 0. The van der Waals surface area contributed by atoms with E-state index in [0.717, 1.165) is 29.6 Å². The molecular formula is C22H38O2. The van der Waals surface area contributed by atoms with Gasteiger partial charge >= 0.3 is 0 Å². The highest BCUT2D eigenvalue weighted by Gasteiger charge is 2.61. The van der Waals surface area contributed by atoms with E-state index in [0.29, 0.717) is 29.5 Å².